The Hall–Kier alpha value is -6.80. The van der Waals surface area contributed by atoms with E-state index in [0.717, 1.165) is 49.9 Å². The molecule has 292 valence electrons. The number of azo groups is 1. The van der Waals surface area contributed by atoms with Crippen molar-refractivity contribution < 1.29 is 0 Å². The lowest BCUT2D eigenvalue weighted by atomic mass is 10.0. The van der Waals surface area contributed by atoms with Crippen LogP contribution >= 0.6 is 0 Å². The molecule has 9 rings (SSSR count). The number of rotatable bonds is 5. The molecule has 0 spiro atoms. The van der Waals surface area contributed by atoms with Gasteiger partial charge in [0.05, 0.1) is 17.1 Å². The first kappa shape index (κ1) is 40.9. The second kappa shape index (κ2) is 19.4. The minimum atomic E-state index is 0.813. The molecule has 8 nitrogen and oxygen atoms in total. The van der Waals surface area contributed by atoms with E-state index in [1.165, 1.54) is 51.4 Å². The third kappa shape index (κ3) is 9.59. The first-order chi connectivity index (χ1) is 28.3. The molecule has 0 radical (unpaired) electrons. The van der Waals surface area contributed by atoms with E-state index in [9.17, 15) is 0 Å². The standard InChI is InChI=1S/C27H23N3.C17H13N5.2C3H8/c1-18-8-9-21(19(2)16-18)10-11-22-12-14-24(17-20(22)3)30-28-26-15-13-23-6-4-5-7-25(23)27(26)29-30;1-18-19-13-7-9-14(10-8-13)22-20-16-11-6-12-4-2-3-5-15(12)17(16)21-22;2*1-3-2/h4-17H,1-3H3;2-11H,1H3;2*3H2,1-2H3. The maximum atomic E-state index is 4.78. The third-order valence-corrected chi connectivity index (χ3v) is 9.20. The lowest BCUT2D eigenvalue weighted by Crippen LogP contribution is -1.99. The molecule has 0 bridgehead atoms. The molecule has 0 fully saturated rings. The minimum absolute atomic E-state index is 0.813. The topological polar surface area (TPSA) is 86.1 Å². The van der Waals surface area contributed by atoms with Crippen LogP contribution in [0.2, 0.25) is 0 Å². The molecule has 0 N–H and O–H groups in total. The first-order valence-corrected chi connectivity index (χ1v) is 20.0. The summed E-state index contributed by atoms with van der Waals surface area (Å²) in [6.07, 6.45) is 6.86. The highest BCUT2D eigenvalue weighted by Crippen LogP contribution is 2.26. The fourth-order valence-electron chi connectivity index (χ4n) is 6.46. The van der Waals surface area contributed by atoms with Crippen LogP contribution in [0.25, 0.3) is 67.1 Å². The Labute approximate surface area is 341 Å². The number of aryl methyl sites for hydroxylation is 3. The van der Waals surface area contributed by atoms with Crippen LogP contribution in [-0.4, -0.2) is 37.0 Å². The molecule has 0 aliphatic carbocycles. The summed E-state index contributed by atoms with van der Waals surface area (Å²) in [5, 5.41) is 31.0. The van der Waals surface area contributed by atoms with Crippen LogP contribution < -0.4 is 0 Å². The molecule has 7 aromatic carbocycles. The lowest BCUT2D eigenvalue weighted by Gasteiger charge is -2.06. The van der Waals surface area contributed by atoms with Gasteiger partial charge in [0.2, 0.25) is 0 Å². The first-order valence-electron chi connectivity index (χ1n) is 20.0. The number of benzene rings is 7. The van der Waals surface area contributed by atoms with Gasteiger partial charge in [-0.2, -0.15) is 19.8 Å². The zero-order valence-electron chi connectivity index (χ0n) is 34.8. The summed E-state index contributed by atoms with van der Waals surface area (Å²) < 4.78 is 0. The van der Waals surface area contributed by atoms with E-state index >= 15 is 0 Å². The number of hydrogen-bond donors (Lipinski definition) is 0. The van der Waals surface area contributed by atoms with Gasteiger partial charge in [0.1, 0.15) is 22.1 Å². The van der Waals surface area contributed by atoms with Gasteiger partial charge in [-0.1, -0.05) is 143 Å². The van der Waals surface area contributed by atoms with E-state index in [2.05, 4.69) is 154 Å². The van der Waals surface area contributed by atoms with Gasteiger partial charge in [0, 0.05) is 17.8 Å². The summed E-state index contributed by atoms with van der Waals surface area (Å²) in [5.41, 5.74) is 12.5. The summed E-state index contributed by atoms with van der Waals surface area (Å²) in [6.45, 7) is 14.9. The highest BCUT2D eigenvalue weighted by atomic mass is 15.5. The Balaban J connectivity index is 0.000000178. The van der Waals surface area contributed by atoms with E-state index in [1.54, 1.807) is 16.6 Å². The summed E-state index contributed by atoms with van der Waals surface area (Å²) in [6, 6.07) is 45.3. The molecule has 0 saturated carbocycles. The van der Waals surface area contributed by atoms with Gasteiger partial charge in [0.25, 0.3) is 0 Å². The van der Waals surface area contributed by atoms with Gasteiger partial charge in [0.15, 0.2) is 0 Å². The van der Waals surface area contributed by atoms with E-state index in [0.29, 0.717) is 0 Å². The minimum Gasteiger partial charge on any atom is -0.192 e. The SMILES string of the molecule is CCC.CCC.CN=Nc1ccc(-n2nc3ccc4ccccc4c3n2)cc1.Cc1ccc(C=Cc2ccc(-n3nc4ccc5ccccc5c4n3)cc2C)c(C)c1. The van der Waals surface area contributed by atoms with Gasteiger partial charge in [-0.05, 0) is 102 Å². The molecule has 9 aromatic rings. The van der Waals surface area contributed by atoms with Gasteiger partial charge < -0.3 is 0 Å². The second-order valence-corrected chi connectivity index (χ2v) is 14.3. The number of aromatic nitrogens is 6. The fraction of sp³-hybridized carbons (Fsp3) is 0.200. The lowest BCUT2D eigenvalue weighted by molar-refractivity contribution is 0.765. The number of hydrogen-bond acceptors (Lipinski definition) is 6. The zero-order valence-corrected chi connectivity index (χ0v) is 34.8. The van der Waals surface area contributed by atoms with Crippen molar-refractivity contribution in [3.8, 4) is 11.4 Å². The van der Waals surface area contributed by atoms with Crippen molar-refractivity contribution in [1.29, 1.82) is 0 Å². The smallest absolute Gasteiger partial charge is 0.121 e. The van der Waals surface area contributed by atoms with E-state index in [1.807, 2.05) is 60.7 Å². The molecule has 58 heavy (non-hydrogen) atoms. The van der Waals surface area contributed by atoms with Crippen molar-refractivity contribution in [2.24, 2.45) is 10.2 Å². The monoisotopic (exact) mass is 764 g/mol. The van der Waals surface area contributed by atoms with E-state index < -0.39 is 0 Å². The van der Waals surface area contributed by atoms with Crippen LogP contribution in [0, 0.1) is 20.8 Å². The molecule has 0 aliphatic heterocycles. The van der Waals surface area contributed by atoms with Crippen LogP contribution in [0.5, 0.6) is 0 Å². The van der Waals surface area contributed by atoms with E-state index in [4.69, 9.17) is 10.2 Å². The van der Waals surface area contributed by atoms with Crippen LogP contribution in [0.4, 0.5) is 5.69 Å². The van der Waals surface area contributed by atoms with Crippen LogP contribution in [0.3, 0.4) is 0 Å². The van der Waals surface area contributed by atoms with Crippen LogP contribution in [0.1, 0.15) is 68.4 Å². The molecule has 8 heteroatoms. The Morgan fingerprint density at radius 2 is 0.966 bits per heavy atom. The second-order valence-electron chi connectivity index (χ2n) is 14.3. The van der Waals surface area contributed by atoms with Crippen LogP contribution in [-0.2, 0) is 0 Å². The highest BCUT2D eigenvalue weighted by Gasteiger charge is 2.10. The quantitative estimate of drug-likeness (QED) is 0.129. The average Bonchev–Trinajstić information content (AvgIpc) is 3.88. The van der Waals surface area contributed by atoms with Crippen molar-refractivity contribution in [2.75, 3.05) is 7.05 Å². The molecule has 0 saturated heterocycles. The number of nitrogens with zero attached hydrogens (tertiary/aromatic N) is 8. The Bertz CT molecular complexity index is 2820. The van der Waals surface area contributed by atoms with Gasteiger partial charge >= 0.3 is 0 Å². The molecule has 2 heterocycles. The largest absolute Gasteiger partial charge is 0.192 e. The average molecular weight is 765 g/mol. The van der Waals surface area contributed by atoms with E-state index in [-0.39, 0.29) is 0 Å². The normalized spacial score (nSPS) is 11.1. The summed E-state index contributed by atoms with van der Waals surface area (Å²) in [4.78, 5) is 3.39. The van der Waals surface area contributed by atoms with Crippen molar-refractivity contribution >= 4 is 61.5 Å². The number of fused-ring (bicyclic) bond motifs is 6. The molecule has 0 atom stereocenters. The highest BCUT2D eigenvalue weighted by molar-refractivity contribution is 6.04. The summed E-state index contributed by atoms with van der Waals surface area (Å²) in [7, 11) is 1.65. The predicted octanol–water partition coefficient (Wildman–Crippen LogP) is 13.8. The van der Waals surface area contributed by atoms with Crippen molar-refractivity contribution in [1.82, 2.24) is 30.0 Å². The fourth-order valence-corrected chi connectivity index (χ4v) is 6.46. The molecular weight excluding hydrogens is 713 g/mol. The Kier molecular flexibility index (Phi) is 13.6. The zero-order chi connectivity index (χ0) is 41.0. The van der Waals surface area contributed by atoms with Gasteiger partial charge in [-0.25, -0.2) is 0 Å². The maximum Gasteiger partial charge on any atom is 0.121 e. The third-order valence-electron chi connectivity index (χ3n) is 9.20. The predicted molar refractivity (Wildman–Crippen MR) is 245 cm³/mol. The van der Waals surface area contributed by atoms with Gasteiger partial charge in [-0.15, -0.1) is 20.4 Å². The Morgan fingerprint density at radius 1 is 0.500 bits per heavy atom. The Morgan fingerprint density at radius 3 is 1.47 bits per heavy atom. The van der Waals surface area contributed by atoms with Gasteiger partial charge in [-0.3, -0.25) is 0 Å². The summed E-state index contributed by atoms with van der Waals surface area (Å²) in [5.74, 6) is 0. The molecular formula is C50H52N8. The summed E-state index contributed by atoms with van der Waals surface area (Å²) >= 11 is 0. The molecule has 0 unspecified atom stereocenters. The molecule has 2 aromatic heterocycles. The molecule has 0 aliphatic rings. The van der Waals surface area contributed by atoms with Crippen molar-refractivity contribution in [3.05, 3.63) is 161 Å². The van der Waals surface area contributed by atoms with Crippen molar-refractivity contribution in [3.63, 3.8) is 0 Å². The van der Waals surface area contributed by atoms with Crippen molar-refractivity contribution in [2.45, 2.75) is 61.3 Å². The molecule has 0 amide bonds. The maximum absolute atomic E-state index is 4.78. The van der Waals surface area contributed by atoms with Crippen LogP contribution in [0.15, 0.2) is 144 Å².